The second-order valence-corrected chi connectivity index (χ2v) is 6.41. The molecule has 0 radical (unpaired) electrons. The first-order chi connectivity index (χ1) is 14.1. The molecule has 0 aliphatic rings. The lowest BCUT2D eigenvalue weighted by molar-refractivity contribution is -0.0512. The molecule has 8 heteroatoms. The highest BCUT2D eigenvalue weighted by atomic mass is 19.3. The normalized spacial score (nSPS) is 10.9. The van der Waals surface area contributed by atoms with Gasteiger partial charge >= 0.3 is 12.6 Å². The number of halogens is 2. The molecule has 0 saturated carbocycles. The van der Waals surface area contributed by atoms with E-state index in [4.69, 9.17) is 4.74 Å². The van der Waals surface area contributed by atoms with Crippen LogP contribution in [0.15, 0.2) is 48.7 Å². The molecule has 2 amide bonds. The van der Waals surface area contributed by atoms with Gasteiger partial charge in [-0.15, -0.1) is 0 Å². The largest absolute Gasteiger partial charge is 0.493 e. The predicted octanol–water partition coefficient (Wildman–Crippen LogP) is 3.86. The van der Waals surface area contributed by atoms with Gasteiger partial charge < -0.3 is 25.1 Å². The second-order valence-electron chi connectivity index (χ2n) is 6.41. The van der Waals surface area contributed by atoms with Gasteiger partial charge in [-0.2, -0.15) is 8.78 Å². The SMILES string of the molecule is COc1cc(CCNC(=O)NCCc2c[nH]c3ccccc23)ccc1OC(F)F. The second kappa shape index (κ2) is 9.77. The van der Waals surface area contributed by atoms with Crippen molar-refractivity contribution in [1.29, 1.82) is 0 Å². The molecule has 1 aromatic heterocycles. The van der Waals surface area contributed by atoms with E-state index >= 15 is 0 Å². The summed E-state index contributed by atoms with van der Waals surface area (Å²) in [6, 6.07) is 12.5. The fraction of sp³-hybridized carbons (Fsp3) is 0.286. The van der Waals surface area contributed by atoms with Gasteiger partial charge in [-0.25, -0.2) is 4.79 Å². The molecule has 0 atom stereocenters. The van der Waals surface area contributed by atoms with E-state index in [2.05, 4.69) is 20.4 Å². The van der Waals surface area contributed by atoms with Gasteiger partial charge in [0, 0.05) is 30.2 Å². The van der Waals surface area contributed by atoms with Gasteiger partial charge in [-0.1, -0.05) is 24.3 Å². The van der Waals surface area contributed by atoms with Gasteiger partial charge in [0.1, 0.15) is 0 Å². The lowest BCUT2D eigenvalue weighted by atomic mass is 10.1. The Kier molecular flexibility index (Phi) is 6.89. The van der Waals surface area contributed by atoms with Gasteiger partial charge in [0.2, 0.25) is 0 Å². The molecule has 3 aromatic rings. The highest BCUT2D eigenvalue weighted by Gasteiger charge is 2.11. The Balaban J connectivity index is 1.41. The number of urea groups is 1. The Bertz CT molecular complexity index is 959. The zero-order chi connectivity index (χ0) is 20.6. The average molecular weight is 403 g/mol. The summed E-state index contributed by atoms with van der Waals surface area (Å²) in [4.78, 5) is 15.2. The summed E-state index contributed by atoms with van der Waals surface area (Å²) in [6.07, 6.45) is 3.21. The summed E-state index contributed by atoms with van der Waals surface area (Å²) in [7, 11) is 1.39. The number of methoxy groups -OCH3 is 1. The Morgan fingerprint density at radius 2 is 1.83 bits per heavy atom. The van der Waals surface area contributed by atoms with Crippen molar-refractivity contribution in [2.75, 3.05) is 20.2 Å². The molecule has 6 nitrogen and oxygen atoms in total. The number of aromatic nitrogens is 1. The Hall–Kier alpha value is -3.29. The molecule has 0 saturated heterocycles. The number of hydrogen-bond donors (Lipinski definition) is 3. The van der Waals surface area contributed by atoms with Crippen LogP contribution in [0.1, 0.15) is 11.1 Å². The number of nitrogens with one attached hydrogen (secondary N) is 3. The van der Waals surface area contributed by atoms with Crippen LogP contribution in [0.3, 0.4) is 0 Å². The van der Waals surface area contributed by atoms with Crippen LogP contribution in [0.25, 0.3) is 10.9 Å². The topological polar surface area (TPSA) is 75.4 Å². The zero-order valence-electron chi connectivity index (χ0n) is 16.0. The van der Waals surface area contributed by atoms with Crippen molar-refractivity contribution in [3.05, 3.63) is 59.8 Å². The minimum absolute atomic E-state index is 0.0192. The van der Waals surface area contributed by atoms with Gasteiger partial charge in [-0.05, 0) is 42.2 Å². The number of amides is 2. The van der Waals surface area contributed by atoms with Crippen molar-refractivity contribution < 1.29 is 23.0 Å². The van der Waals surface area contributed by atoms with E-state index in [-0.39, 0.29) is 17.5 Å². The summed E-state index contributed by atoms with van der Waals surface area (Å²) in [5.41, 5.74) is 3.06. The summed E-state index contributed by atoms with van der Waals surface area (Å²) < 4.78 is 34.2. The molecule has 3 rings (SSSR count). The van der Waals surface area contributed by atoms with E-state index < -0.39 is 6.61 Å². The third-order valence-corrected chi connectivity index (χ3v) is 4.50. The number of benzene rings is 2. The van der Waals surface area contributed by atoms with Gasteiger partial charge in [-0.3, -0.25) is 0 Å². The van der Waals surface area contributed by atoms with E-state index in [0.29, 0.717) is 19.5 Å². The average Bonchev–Trinajstić information content (AvgIpc) is 3.12. The monoisotopic (exact) mass is 403 g/mol. The number of aromatic amines is 1. The molecule has 154 valence electrons. The third-order valence-electron chi connectivity index (χ3n) is 4.50. The minimum Gasteiger partial charge on any atom is -0.493 e. The smallest absolute Gasteiger partial charge is 0.387 e. The van der Waals surface area contributed by atoms with E-state index in [1.54, 1.807) is 12.1 Å². The summed E-state index contributed by atoms with van der Waals surface area (Å²) in [5.74, 6) is 0.209. The molecule has 29 heavy (non-hydrogen) atoms. The maximum atomic E-state index is 12.4. The Morgan fingerprint density at radius 3 is 2.59 bits per heavy atom. The molecule has 0 aliphatic heterocycles. The molecule has 2 aromatic carbocycles. The van der Waals surface area contributed by atoms with Crippen LogP contribution in [0.2, 0.25) is 0 Å². The molecule has 0 spiro atoms. The van der Waals surface area contributed by atoms with Gasteiger partial charge in [0.05, 0.1) is 7.11 Å². The number of rotatable bonds is 9. The number of hydrogen-bond acceptors (Lipinski definition) is 3. The number of H-pyrrole nitrogens is 1. The lowest BCUT2D eigenvalue weighted by Gasteiger charge is -2.12. The van der Waals surface area contributed by atoms with Gasteiger partial charge in [0.15, 0.2) is 11.5 Å². The van der Waals surface area contributed by atoms with Crippen molar-refractivity contribution in [1.82, 2.24) is 15.6 Å². The van der Waals surface area contributed by atoms with Gasteiger partial charge in [0.25, 0.3) is 0 Å². The first kappa shape index (κ1) is 20.4. The number of carbonyl (C=O) groups excluding carboxylic acids is 1. The quantitative estimate of drug-likeness (QED) is 0.508. The first-order valence-corrected chi connectivity index (χ1v) is 9.25. The van der Waals surface area contributed by atoms with Crippen molar-refractivity contribution in [2.24, 2.45) is 0 Å². The summed E-state index contributed by atoms with van der Waals surface area (Å²) >= 11 is 0. The molecular formula is C21H23F2N3O3. The third kappa shape index (κ3) is 5.60. The minimum atomic E-state index is -2.91. The predicted molar refractivity (Wildman–Crippen MR) is 107 cm³/mol. The molecule has 0 aliphatic carbocycles. The van der Waals surface area contributed by atoms with Crippen molar-refractivity contribution in [3.63, 3.8) is 0 Å². The fourth-order valence-corrected chi connectivity index (χ4v) is 3.09. The number of fused-ring (bicyclic) bond motifs is 1. The van der Waals surface area contributed by atoms with E-state index in [0.717, 1.165) is 28.5 Å². The zero-order valence-corrected chi connectivity index (χ0v) is 16.0. The Morgan fingerprint density at radius 1 is 1.07 bits per heavy atom. The van der Waals surface area contributed by atoms with Crippen molar-refractivity contribution in [3.8, 4) is 11.5 Å². The van der Waals surface area contributed by atoms with Crippen LogP contribution in [-0.2, 0) is 12.8 Å². The van der Waals surface area contributed by atoms with Crippen LogP contribution in [0.4, 0.5) is 13.6 Å². The molecular weight excluding hydrogens is 380 g/mol. The highest BCUT2D eigenvalue weighted by molar-refractivity contribution is 5.83. The van der Waals surface area contributed by atoms with Crippen LogP contribution in [-0.4, -0.2) is 37.8 Å². The standard InChI is InChI=1S/C21H23F2N3O3/c1-28-19-12-14(6-7-18(19)29-20(22)23)8-10-24-21(27)25-11-9-15-13-26-17-5-3-2-4-16(15)17/h2-7,12-13,20,26H,8-11H2,1H3,(H2,24,25,27). The first-order valence-electron chi connectivity index (χ1n) is 9.25. The number of ether oxygens (including phenoxy) is 2. The number of carbonyl (C=O) groups is 1. The van der Waals surface area contributed by atoms with E-state index in [9.17, 15) is 13.6 Å². The number of para-hydroxylation sites is 1. The van der Waals surface area contributed by atoms with Crippen LogP contribution >= 0.6 is 0 Å². The van der Waals surface area contributed by atoms with E-state index in [1.807, 2.05) is 30.5 Å². The molecule has 0 fully saturated rings. The lowest BCUT2D eigenvalue weighted by Crippen LogP contribution is -2.37. The van der Waals surface area contributed by atoms with Crippen molar-refractivity contribution >= 4 is 16.9 Å². The molecule has 3 N–H and O–H groups in total. The molecule has 0 bridgehead atoms. The van der Waals surface area contributed by atoms with Crippen LogP contribution in [0, 0.1) is 0 Å². The Labute approximate surface area is 167 Å². The van der Waals surface area contributed by atoms with Crippen LogP contribution in [0.5, 0.6) is 11.5 Å². The summed E-state index contributed by atoms with van der Waals surface area (Å²) in [6.45, 7) is -2.00. The molecule has 1 heterocycles. The molecule has 0 unspecified atom stereocenters. The van der Waals surface area contributed by atoms with Crippen molar-refractivity contribution in [2.45, 2.75) is 19.5 Å². The maximum absolute atomic E-state index is 12.4. The van der Waals surface area contributed by atoms with E-state index in [1.165, 1.54) is 13.2 Å². The summed E-state index contributed by atoms with van der Waals surface area (Å²) in [5, 5.41) is 6.77. The fourth-order valence-electron chi connectivity index (χ4n) is 3.09. The highest BCUT2D eigenvalue weighted by Crippen LogP contribution is 2.29. The maximum Gasteiger partial charge on any atom is 0.387 e. The number of alkyl halides is 2. The van der Waals surface area contributed by atoms with Crippen LogP contribution < -0.4 is 20.1 Å².